The number of benzene rings is 1. The van der Waals surface area contributed by atoms with Gasteiger partial charge < -0.3 is 10.2 Å². The fourth-order valence-electron chi connectivity index (χ4n) is 3.29. The normalized spacial score (nSPS) is 14.2. The zero-order valence-electron chi connectivity index (χ0n) is 14.8. The summed E-state index contributed by atoms with van der Waals surface area (Å²) >= 11 is 0. The number of rotatable bonds is 3. The van der Waals surface area contributed by atoms with Gasteiger partial charge in [-0.15, -0.1) is 0 Å². The van der Waals surface area contributed by atoms with Crippen LogP contribution in [0.5, 0.6) is 0 Å². The number of nitrogens with one attached hydrogen (secondary N) is 1. The summed E-state index contributed by atoms with van der Waals surface area (Å²) in [6.07, 6.45) is 6.51. The van der Waals surface area contributed by atoms with Gasteiger partial charge in [0.15, 0.2) is 11.8 Å². The molecule has 0 fully saturated rings. The summed E-state index contributed by atoms with van der Waals surface area (Å²) in [4.78, 5) is 11.1. The fourth-order valence-corrected chi connectivity index (χ4v) is 3.29. The third-order valence-electron chi connectivity index (χ3n) is 4.64. The molecule has 1 aliphatic heterocycles. The Bertz CT molecular complexity index is 900. The molecule has 0 spiro atoms. The van der Waals surface area contributed by atoms with Crippen molar-refractivity contribution in [2.45, 2.75) is 19.5 Å². The highest BCUT2D eigenvalue weighted by molar-refractivity contribution is 5.80. The van der Waals surface area contributed by atoms with E-state index in [1.54, 1.807) is 10.9 Å². The molecule has 0 radical (unpaired) electrons. The summed E-state index contributed by atoms with van der Waals surface area (Å²) in [7, 11) is 1.84. The van der Waals surface area contributed by atoms with Crippen molar-refractivity contribution in [3.05, 3.63) is 77.7 Å². The van der Waals surface area contributed by atoms with Gasteiger partial charge in [-0.3, -0.25) is 4.99 Å². The first kappa shape index (κ1) is 16.3. The minimum absolute atomic E-state index is 0.696. The maximum Gasteiger partial charge on any atom is 0.194 e. The van der Waals surface area contributed by atoms with Crippen molar-refractivity contribution in [2.24, 2.45) is 4.99 Å². The second-order valence-corrected chi connectivity index (χ2v) is 6.31. The molecular weight excluding hydrogens is 324 g/mol. The zero-order valence-corrected chi connectivity index (χ0v) is 14.8. The Balaban J connectivity index is 1.43. The van der Waals surface area contributed by atoms with Crippen molar-refractivity contribution in [3.8, 4) is 5.82 Å². The van der Waals surface area contributed by atoms with E-state index in [4.69, 9.17) is 0 Å². The molecule has 0 unspecified atom stereocenters. The van der Waals surface area contributed by atoms with Gasteiger partial charge >= 0.3 is 0 Å². The van der Waals surface area contributed by atoms with E-state index in [1.165, 1.54) is 11.1 Å². The van der Waals surface area contributed by atoms with Crippen LogP contribution in [0, 0.1) is 0 Å². The Morgan fingerprint density at radius 1 is 1.15 bits per heavy atom. The Morgan fingerprint density at radius 2 is 2.04 bits per heavy atom. The second kappa shape index (κ2) is 7.39. The molecule has 1 aromatic carbocycles. The van der Waals surface area contributed by atoms with Gasteiger partial charge in [-0.1, -0.05) is 24.3 Å². The molecule has 4 rings (SSSR count). The molecule has 1 N–H and O–H groups in total. The van der Waals surface area contributed by atoms with Crippen LogP contribution in [0.25, 0.3) is 5.82 Å². The molecule has 0 amide bonds. The van der Waals surface area contributed by atoms with Crippen LogP contribution in [0.2, 0.25) is 0 Å². The van der Waals surface area contributed by atoms with Crippen LogP contribution < -0.4 is 5.32 Å². The summed E-state index contributed by atoms with van der Waals surface area (Å²) < 4.78 is 1.76. The average Bonchev–Trinajstić information content (AvgIpc) is 3.23. The maximum absolute atomic E-state index is 4.47. The number of pyridine rings is 1. The number of fused-ring (bicyclic) bond motifs is 1. The number of nitrogens with zero attached hydrogens (tertiary/aromatic N) is 5. The smallest absolute Gasteiger partial charge is 0.194 e. The molecule has 6 nitrogen and oxygen atoms in total. The van der Waals surface area contributed by atoms with E-state index in [2.05, 4.69) is 49.6 Å². The summed E-state index contributed by atoms with van der Waals surface area (Å²) in [6, 6.07) is 14.6. The monoisotopic (exact) mass is 346 g/mol. The predicted molar refractivity (Wildman–Crippen MR) is 102 cm³/mol. The van der Waals surface area contributed by atoms with Crippen molar-refractivity contribution in [1.29, 1.82) is 0 Å². The molecule has 0 saturated heterocycles. The molecule has 2 aromatic heterocycles. The summed E-state index contributed by atoms with van der Waals surface area (Å²) in [5.74, 6) is 1.74. The molecule has 0 atom stereocenters. The van der Waals surface area contributed by atoms with Crippen molar-refractivity contribution in [1.82, 2.24) is 25.0 Å². The molecule has 3 aromatic rings. The predicted octanol–water partition coefficient (Wildman–Crippen LogP) is 2.40. The maximum atomic E-state index is 4.47. The van der Waals surface area contributed by atoms with E-state index in [-0.39, 0.29) is 0 Å². The van der Waals surface area contributed by atoms with E-state index in [0.717, 1.165) is 36.9 Å². The summed E-state index contributed by atoms with van der Waals surface area (Å²) in [6.45, 7) is 2.57. The van der Waals surface area contributed by atoms with Crippen molar-refractivity contribution >= 4 is 5.96 Å². The fraction of sp³-hybridized carbons (Fsp3) is 0.250. The standard InChI is InChI=1S/C20H22N6/c1-21-20(25-12-8-17-5-2-3-6-18(17)15-25)23-14-16-7-10-22-19(13-16)26-11-4-9-24-26/h2-7,9-11,13H,8,12,14-15H2,1H3,(H,21,23). The van der Waals surface area contributed by atoms with Gasteiger partial charge in [0.1, 0.15) is 0 Å². The molecule has 3 heterocycles. The second-order valence-electron chi connectivity index (χ2n) is 6.31. The number of hydrogen-bond acceptors (Lipinski definition) is 3. The molecule has 1 aliphatic rings. The Morgan fingerprint density at radius 3 is 2.85 bits per heavy atom. The van der Waals surface area contributed by atoms with E-state index < -0.39 is 0 Å². The summed E-state index contributed by atoms with van der Waals surface area (Å²) in [5, 5.41) is 7.71. The van der Waals surface area contributed by atoms with Crippen LogP contribution >= 0.6 is 0 Å². The van der Waals surface area contributed by atoms with E-state index in [0.29, 0.717) is 6.54 Å². The summed E-state index contributed by atoms with van der Waals surface area (Å²) in [5.41, 5.74) is 3.97. The molecule has 0 bridgehead atoms. The van der Waals surface area contributed by atoms with E-state index >= 15 is 0 Å². The lowest BCUT2D eigenvalue weighted by molar-refractivity contribution is 0.378. The minimum Gasteiger partial charge on any atom is -0.352 e. The Kier molecular flexibility index (Phi) is 4.64. The highest BCUT2D eigenvalue weighted by atomic mass is 15.3. The number of hydrogen-bond donors (Lipinski definition) is 1. The van der Waals surface area contributed by atoms with Crippen molar-refractivity contribution in [2.75, 3.05) is 13.6 Å². The number of guanidine groups is 1. The largest absolute Gasteiger partial charge is 0.352 e. The van der Waals surface area contributed by atoms with E-state index in [9.17, 15) is 0 Å². The van der Waals surface area contributed by atoms with Gasteiger partial charge in [-0.05, 0) is 41.3 Å². The molecule has 0 saturated carbocycles. The number of aromatic nitrogens is 3. The Labute approximate surface area is 153 Å². The van der Waals surface area contributed by atoms with Gasteiger partial charge in [0, 0.05) is 45.3 Å². The highest BCUT2D eigenvalue weighted by Crippen LogP contribution is 2.18. The lowest BCUT2D eigenvalue weighted by atomic mass is 10.0. The van der Waals surface area contributed by atoms with E-state index in [1.807, 2.05) is 37.6 Å². The molecule has 26 heavy (non-hydrogen) atoms. The van der Waals surface area contributed by atoms with Gasteiger partial charge in [0.05, 0.1) is 0 Å². The highest BCUT2D eigenvalue weighted by Gasteiger charge is 2.18. The third-order valence-corrected chi connectivity index (χ3v) is 4.64. The molecular formula is C20H22N6. The first-order valence-corrected chi connectivity index (χ1v) is 8.81. The quantitative estimate of drug-likeness (QED) is 0.584. The van der Waals surface area contributed by atoms with Crippen LogP contribution in [-0.4, -0.2) is 39.2 Å². The van der Waals surface area contributed by atoms with Gasteiger partial charge in [0.2, 0.25) is 0 Å². The topological polar surface area (TPSA) is 58.3 Å². The van der Waals surface area contributed by atoms with Gasteiger partial charge in [0.25, 0.3) is 0 Å². The minimum atomic E-state index is 0.696. The van der Waals surface area contributed by atoms with Crippen LogP contribution in [0.4, 0.5) is 0 Å². The first-order valence-electron chi connectivity index (χ1n) is 8.81. The molecule has 6 heteroatoms. The van der Waals surface area contributed by atoms with Crippen molar-refractivity contribution < 1.29 is 0 Å². The van der Waals surface area contributed by atoms with Crippen molar-refractivity contribution in [3.63, 3.8) is 0 Å². The van der Waals surface area contributed by atoms with Crippen LogP contribution in [0.1, 0.15) is 16.7 Å². The number of aliphatic imine (C=N–C) groups is 1. The van der Waals surface area contributed by atoms with Gasteiger partial charge in [-0.2, -0.15) is 5.10 Å². The molecule has 132 valence electrons. The zero-order chi connectivity index (χ0) is 17.8. The first-order chi connectivity index (χ1) is 12.8. The molecule has 0 aliphatic carbocycles. The Hall–Kier alpha value is -3.15. The average molecular weight is 346 g/mol. The van der Waals surface area contributed by atoms with Crippen LogP contribution in [0.3, 0.4) is 0 Å². The SMILES string of the molecule is CN=C(NCc1ccnc(-n2cccn2)c1)N1CCc2ccccc2C1. The van der Waals surface area contributed by atoms with Crippen LogP contribution in [0.15, 0.2) is 66.0 Å². The lowest BCUT2D eigenvalue weighted by Gasteiger charge is -2.31. The van der Waals surface area contributed by atoms with Crippen LogP contribution in [-0.2, 0) is 19.5 Å². The third kappa shape index (κ3) is 3.44. The van der Waals surface area contributed by atoms with Gasteiger partial charge in [-0.25, -0.2) is 9.67 Å². The lowest BCUT2D eigenvalue weighted by Crippen LogP contribution is -2.43.